The Morgan fingerprint density at radius 1 is 1.13 bits per heavy atom. The molecule has 0 aliphatic carbocycles. The maximum atomic E-state index is 12.5. The fourth-order valence-electron chi connectivity index (χ4n) is 3.08. The van der Waals surface area contributed by atoms with Gasteiger partial charge in [0.25, 0.3) is 0 Å². The lowest BCUT2D eigenvalue weighted by Crippen LogP contribution is -2.44. The molecule has 0 spiro atoms. The highest BCUT2D eigenvalue weighted by molar-refractivity contribution is 6.41. The number of hydrogen-bond donors (Lipinski definition) is 0. The Balaban J connectivity index is 3.42. The number of ether oxygens (including phenoxy) is 3. The summed E-state index contributed by atoms with van der Waals surface area (Å²) >= 11 is 0. The second-order valence-corrected chi connectivity index (χ2v) is 5.73. The van der Waals surface area contributed by atoms with E-state index in [0.29, 0.717) is 24.3 Å². The standard InChI is InChI=1S/C17H27NO5/c1-7-22-15(19)13-12(5)18-14(16(20)23-8-2)17(13,11(3)4)9-10-21-6/h11H,7-10H2,1-6H3. The Morgan fingerprint density at radius 2 is 1.70 bits per heavy atom. The number of esters is 2. The van der Waals surface area contributed by atoms with Crippen molar-refractivity contribution in [1.29, 1.82) is 0 Å². The van der Waals surface area contributed by atoms with Gasteiger partial charge >= 0.3 is 11.9 Å². The van der Waals surface area contributed by atoms with E-state index in [9.17, 15) is 9.59 Å². The van der Waals surface area contributed by atoms with Crippen molar-refractivity contribution in [3.05, 3.63) is 11.3 Å². The van der Waals surface area contributed by atoms with E-state index in [1.165, 1.54) is 0 Å². The molecule has 0 saturated heterocycles. The number of rotatable bonds is 8. The molecule has 0 aromatic carbocycles. The molecular formula is C17H27NO5. The fraction of sp³-hybridized carbons (Fsp3) is 0.706. The molecule has 1 aliphatic rings. The summed E-state index contributed by atoms with van der Waals surface area (Å²) in [5.41, 5.74) is 0.371. The van der Waals surface area contributed by atoms with Crippen LogP contribution in [0.5, 0.6) is 0 Å². The summed E-state index contributed by atoms with van der Waals surface area (Å²) in [6.07, 6.45) is 0.463. The third-order valence-electron chi connectivity index (χ3n) is 4.14. The lowest BCUT2D eigenvalue weighted by atomic mass is 9.66. The van der Waals surface area contributed by atoms with Crippen LogP contribution in [0.25, 0.3) is 0 Å². The fourth-order valence-corrected chi connectivity index (χ4v) is 3.08. The molecule has 1 rings (SSSR count). The van der Waals surface area contributed by atoms with Gasteiger partial charge in [0.1, 0.15) is 5.71 Å². The van der Waals surface area contributed by atoms with Gasteiger partial charge in [-0.05, 0) is 33.1 Å². The zero-order valence-electron chi connectivity index (χ0n) is 14.9. The Hall–Kier alpha value is -1.69. The van der Waals surface area contributed by atoms with Gasteiger partial charge in [-0.25, -0.2) is 14.6 Å². The van der Waals surface area contributed by atoms with Crippen molar-refractivity contribution in [1.82, 2.24) is 0 Å². The van der Waals surface area contributed by atoms with Gasteiger partial charge in [-0.15, -0.1) is 0 Å². The van der Waals surface area contributed by atoms with Gasteiger partial charge < -0.3 is 14.2 Å². The molecule has 6 nitrogen and oxygen atoms in total. The van der Waals surface area contributed by atoms with Crippen molar-refractivity contribution in [2.45, 2.75) is 41.0 Å². The molecule has 6 heteroatoms. The molecule has 130 valence electrons. The molecule has 0 amide bonds. The average Bonchev–Trinajstić information content (AvgIpc) is 2.79. The summed E-state index contributed by atoms with van der Waals surface area (Å²) in [5, 5.41) is 0. The molecule has 0 bridgehead atoms. The number of allylic oxidation sites excluding steroid dienone is 1. The highest BCUT2D eigenvalue weighted by atomic mass is 16.5. The summed E-state index contributed by atoms with van der Waals surface area (Å²) in [4.78, 5) is 29.3. The molecule has 0 aromatic heterocycles. The predicted molar refractivity (Wildman–Crippen MR) is 87.2 cm³/mol. The first-order valence-electron chi connectivity index (χ1n) is 8.00. The molecule has 0 aromatic rings. The summed E-state index contributed by atoms with van der Waals surface area (Å²) in [6, 6.07) is 0. The molecular weight excluding hydrogens is 298 g/mol. The lowest BCUT2D eigenvalue weighted by Gasteiger charge is -2.35. The van der Waals surface area contributed by atoms with Crippen molar-refractivity contribution in [2.24, 2.45) is 16.3 Å². The second kappa shape index (κ2) is 8.24. The maximum absolute atomic E-state index is 12.5. The SMILES string of the molecule is CCOC(=O)C1=NC(C)=C(C(=O)OCC)C1(CCOC)C(C)C. The molecule has 0 fully saturated rings. The van der Waals surface area contributed by atoms with Crippen LogP contribution in [0.4, 0.5) is 0 Å². The van der Waals surface area contributed by atoms with Gasteiger partial charge in [0.2, 0.25) is 0 Å². The largest absolute Gasteiger partial charge is 0.463 e. The monoisotopic (exact) mass is 325 g/mol. The number of nitrogens with zero attached hydrogens (tertiary/aromatic N) is 1. The number of methoxy groups -OCH3 is 1. The first-order chi connectivity index (χ1) is 10.9. The first kappa shape index (κ1) is 19.4. The quantitative estimate of drug-likeness (QED) is 0.641. The van der Waals surface area contributed by atoms with Crippen LogP contribution in [-0.2, 0) is 23.8 Å². The minimum Gasteiger partial charge on any atom is -0.463 e. The van der Waals surface area contributed by atoms with Crippen molar-refractivity contribution in [3.63, 3.8) is 0 Å². The van der Waals surface area contributed by atoms with E-state index < -0.39 is 17.4 Å². The zero-order valence-corrected chi connectivity index (χ0v) is 14.9. The highest BCUT2D eigenvalue weighted by Crippen LogP contribution is 2.47. The van der Waals surface area contributed by atoms with Crippen molar-refractivity contribution < 1.29 is 23.8 Å². The van der Waals surface area contributed by atoms with E-state index in [-0.39, 0.29) is 24.8 Å². The number of carbonyl (C=O) groups excluding carboxylic acids is 2. The molecule has 1 atom stereocenters. The molecule has 1 aliphatic heterocycles. The van der Waals surface area contributed by atoms with Gasteiger partial charge in [-0.2, -0.15) is 0 Å². The Morgan fingerprint density at radius 3 is 2.17 bits per heavy atom. The minimum atomic E-state index is -0.849. The van der Waals surface area contributed by atoms with Gasteiger partial charge in [0.05, 0.1) is 24.2 Å². The normalized spacial score (nSPS) is 20.7. The summed E-state index contributed by atoms with van der Waals surface area (Å²) < 4.78 is 15.6. The van der Waals surface area contributed by atoms with Gasteiger partial charge in [0.15, 0.2) is 0 Å². The number of hydrogen-bond acceptors (Lipinski definition) is 6. The van der Waals surface area contributed by atoms with Crippen molar-refractivity contribution in [3.8, 4) is 0 Å². The van der Waals surface area contributed by atoms with E-state index >= 15 is 0 Å². The van der Waals surface area contributed by atoms with Crippen LogP contribution in [0, 0.1) is 11.3 Å². The number of carbonyl (C=O) groups is 2. The second-order valence-electron chi connectivity index (χ2n) is 5.73. The van der Waals surface area contributed by atoms with Crippen LogP contribution in [-0.4, -0.2) is 44.6 Å². The molecule has 23 heavy (non-hydrogen) atoms. The Bertz CT molecular complexity index is 521. The molecule has 0 saturated carbocycles. The van der Waals surface area contributed by atoms with Gasteiger partial charge in [0, 0.05) is 19.4 Å². The molecule has 0 N–H and O–H groups in total. The van der Waals surface area contributed by atoms with Crippen LogP contribution in [0.3, 0.4) is 0 Å². The molecule has 1 unspecified atom stereocenters. The smallest absolute Gasteiger partial charge is 0.353 e. The zero-order chi connectivity index (χ0) is 17.6. The third kappa shape index (κ3) is 3.63. The highest BCUT2D eigenvalue weighted by Gasteiger charge is 2.53. The summed E-state index contributed by atoms with van der Waals surface area (Å²) in [7, 11) is 1.59. The topological polar surface area (TPSA) is 74.2 Å². The van der Waals surface area contributed by atoms with Crippen LogP contribution in [0.1, 0.15) is 41.0 Å². The summed E-state index contributed by atoms with van der Waals surface area (Å²) in [5.74, 6) is -0.966. The Labute approximate surface area is 137 Å². The minimum absolute atomic E-state index is 0.0438. The average molecular weight is 325 g/mol. The van der Waals surface area contributed by atoms with E-state index in [0.717, 1.165) is 0 Å². The van der Waals surface area contributed by atoms with Gasteiger partial charge in [-0.1, -0.05) is 13.8 Å². The van der Waals surface area contributed by atoms with E-state index in [2.05, 4.69) is 4.99 Å². The van der Waals surface area contributed by atoms with E-state index in [4.69, 9.17) is 14.2 Å². The lowest BCUT2D eigenvalue weighted by molar-refractivity contribution is -0.140. The van der Waals surface area contributed by atoms with Crippen molar-refractivity contribution in [2.75, 3.05) is 26.9 Å². The van der Waals surface area contributed by atoms with Crippen LogP contribution >= 0.6 is 0 Å². The first-order valence-corrected chi connectivity index (χ1v) is 8.00. The third-order valence-corrected chi connectivity index (χ3v) is 4.14. The van der Waals surface area contributed by atoms with Crippen LogP contribution in [0.2, 0.25) is 0 Å². The van der Waals surface area contributed by atoms with E-state index in [1.54, 1.807) is 27.9 Å². The maximum Gasteiger partial charge on any atom is 0.353 e. The Kier molecular flexibility index (Phi) is 6.94. The van der Waals surface area contributed by atoms with Crippen LogP contribution in [0.15, 0.2) is 16.3 Å². The molecule has 0 radical (unpaired) electrons. The predicted octanol–water partition coefficient (Wildman–Crippen LogP) is 2.52. The number of aliphatic imine (C=N–C) groups is 1. The van der Waals surface area contributed by atoms with Crippen LogP contribution < -0.4 is 0 Å². The van der Waals surface area contributed by atoms with E-state index in [1.807, 2.05) is 13.8 Å². The summed E-state index contributed by atoms with van der Waals surface area (Å²) in [6.45, 7) is 10.1. The molecule has 1 heterocycles. The van der Waals surface area contributed by atoms with Crippen molar-refractivity contribution >= 4 is 17.7 Å². The van der Waals surface area contributed by atoms with Gasteiger partial charge in [-0.3, -0.25) is 0 Å².